The summed E-state index contributed by atoms with van der Waals surface area (Å²) in [4.78, 5) is 44.4. The van der Waals surface area contributed by atoms with Gasteiger partial charge in [0, 0.05) is 13.1 Å². The zero-order valence-electron chi connectivity index (χ0n) is 10.6. The molecule has 10 nitrogen and oxygen atoms in total. The van der Waals surface area contributed by atoms with E-state index >= 15 is 0 Å². The van der Waals surface area contributed by atoms with E-state index in [1.54, 1.807) is 0 Å². The summed E-state index contributed by atoms with van der Waals surface area (Å²) < 4.78 is 0. The van der Waals surface area contributed by atoms with Crippen molar-refractivity contribution < 1.29 is 39.6 Å². The summed E-state index contributed by atoms with van der Waals surface area (Å²) in [7, 11) is 0. The molecule has 0 atom stereocenters. The van der Waals surface area contributed by atoms with Crippen LogP contribution in [-0.4, -0.2) is 204 Å². The molecule has 0 bridgehead atoms. The first-order valence-corrected chi connectivity index (χ1v) is 5.52. The van der Waals surface area contributed by atoms with Crippen LogP contribution < -0.4 is 0 Å². The van der Waals surface area contributed by atoms with Crippen molar-refractivity contribution in [3.63, 3.8) is 0 Å². The summed E-state index contributed by atoms with van der Waals surface area (Å²) in [5, 5.41) is 34.5. The van der Waals surface area contributed by atoms with Crippen LogP contribution in [0.15, 0.2) is 0 Å². The Morgan fingerprint density at radius 2 is 0.739 bits per heavy atom. The van der Waals surface area contributed by atoms with Crippen LogP contribution in [0.25, 0.3) is 0 Å². The van der Waals surface area contributed by atoms with E-state index in [2.05, 4.69) is 0 Å². The third-order valence-corrected chi connectivity index (χ3v) is 2.17. The van der Waals surface area contributed by atoms with Gasteiger partial charge in [0.1, 0.15) is 0 Å². The van der Waals surface area contributed by atoms with E-state index in [4.69, 9.17) is 20.4 Å². The predicted molar refractivity (Wildman–Crippen MR) is 84.9 cm³/mol. The van der Waals surface area contributed by atoms with Crippen molar-refractivity contribution in [2.45, 2.75) is 0 Å². The summed E-state index contributed by atoms with van der Waals surface area (Å²) in [6, 6.07) is 0. The predicted octanol–water partition coefficient (Wildman–Crippen LogP) is -4.02. The van der Waals surface area contributed by atoms with Crippen LogP contribution in [0.3, 0.4) is 0 Å². The Balaban J connectivity index is -0.000000602. The number of aliphatic carboxylic acids is 4. The van der Waals surface area contributed by atoms with Gasteiger partial charge in [-0.05, 0) is 0 Å². The fraction of sp³-hybridized carbons (Fsp3) is 0.600. The molecule has 4 N–H and O–H groups in total. The fourth-order valence-electron chi connectivity index (χ4n) is 1.48. The van der Waals surface area contributed by atoms with Gasteiger partial charge in [-0.1, -0.05) is 0 Å². The van der Waals surface area contributed by atoms with Crippen LogP contribution in [0.2, 0.25) is 0 Å². The van der Waals surface area contributed by atoms with E-state index in [1.165, 1.54) is 0 Å². The Morgan fingerprint density at radius 1 is 0.565 bits per heavy atom. The number of hydrogen-bond acceptors (Lipinski definition) is 6. The summed E-state index contributed by atoms with van der Waals surface area (Å²) in [5.74, 6) is -4.91. The number of rotatable bonds is 11. The second-order valence-corrected chi connectivity index (χ2v) is 4.00. The normalized spacial score (nSPS) is 9.30. The van der Waals surface area contributed by atoms with E-state index in [-0.39, 0.29) is 124 Å². The van der Waals surface area contributed by atoms with Crippen LogP contribution in [0.5, 0.6) is 0 Å². The van der Waals surface area contributed by atoms with Gasteiger partial charge in [-0.2, -0.15) is 0 Å². The molecule has 0 aliphatic heterocycles. The van der Waals surface area contributed by atoms with E-state index < -0.39 is 50.1 Å². The summed E-state index contributed by atoms with van der Waals surface area (Å²) in [6.45, 7) is -2.25. The topological polar surface area (TPSA) is 156 Å². The van der Waals surface area contributed by atoms with Crippen LogP contribution in [0, 0.1) is 0 Å². The Hall–Kier alpha value is 1.44. The molecule has 0 unspecified atom stereocenters. The third-order valence-electron chi connectivity index (χ3n) is 2.17. The first-order chi connectivity index (χ1) is 9.20. The maximum absolute atomic E-state index is 10.6. The Morgan fingerprint density at radius 3 is 0.870 bits per heavy atom. The van der Waals surface area contributed by atoms with Crippen LogP contribution in [0.1, 0.15) is 0 Å². The van der Waals surface area contributed by atoms with Gasteiger partial charge in [0.25, 0.3) is 0 Å². The molecule has 0 aromatic heterocycles. The van der Waals surface area contributed by atoms with E-state index in [0.717, 1.165) is 9.80 Å². The van der Waals surface area contributed by atoms with Crippen LogP contribution in [0.4, 0.5) is 0 Å². The summed E-state index contributed by atoms with van der Waals surface area (Å²) in [5.41, 5.74) is 0. The van der Waals surface area contributed by atoms with E-state index in [9.17, 15) is 19.2 Å². The van der Waals surface area contributed by atoms with Crippen molar-refractivity contribution in [2.24, 2.45) is 0 Å². The average Bonchev–Trinajstić information content (AvgIpc) is 2.22. The molecule has 13 heteroatoms. The van der Waals surface area contributed by atoms with Crippen LogP contribution in [-0.2, 0) is 19.2 Å². The van der Waals surface area contributed by atoms with Crippen molar-refractivity contribution in [1.82, 2.24) is 9.80 Å². The van der Waals surface area contributed by atoms with Crippen molar-refractivity contribution in [2.75, 3.05) is 39.3 Å². The van der Waals surface area contributed by atoms with Gasteiger partial charge in [-0.3, -0.25) is 29.0 Å². The molecular weight excluding hydrogens is 361 g/mol. The molecule has 0 radical (unpaired) electrons. The summed E-state index contributed by atoms with van der Waals surface area (Å²) >= 11 is 0. The molecule has 120 valence electrons. The summed E-state index contributed by atoms with van der Waals surface area (Å²) in [6.07, 6.45) is 0. The molecule has 23 heavy (non-hydrogen) atoms. The monoisotopic (exact) mass is 380 g/mol. The van der Waals surface area contributed by atoms with E-state index in [0.29, 0.717) is 0 Å². The van der Waals surface area contributed by atoms with Gasteiger partial charge >= 0.3 is 134 Å². The van der Waals surface area contributed by atoms with Gasteiger partial charge in [0.05, 0.1) is 26.2 Å². The molecule has 0 rings (SSSR count). The van der Waals surface area contributed by atoms with Crippen molar-refractivity contribution in [3.05, 3.63) is 0 Å². The maximum atomic E-state index is 10.6. The molecule has 0 aliphatic carbocycles. The van der Waals surface area contributed by atoms with Gasteiger partial charge in [0.2, 0.25) is 0 Å². The minimum atomic E-state index is -1.23. The van der Waals surface area contributed by atoms with Crippen molar-refractivity contribution in [3.8, 4) is 0 Å². The molecular formula is C10H19KN2Na2O8. The zero-order chi connectivity index (χ0) is 15.7. The minimum absolute atomic E-state index is 0. The number of carboxylic acids is 4. The number of carboxylic acid groups (broad SMARTS) is 4. The first-order valence-electron chi connectivity index (χ1n) is 5.52. The molecule has 0 spiro atoms. The van der Waals surface area contributed by atoms with Crippen LogP contribution >= 0.6 is 0 Å². The second-order valence-electron chi connectivity index (χ2n) is 4.00. The molecule has 0 aromatic rings. The van der Waals surface area contributed by atoms with Crippen molar-refractivity contribution >= 4 is 134 Å². The third kappa shape index (κ3) is 21.4. The molecule has 0 fully saturated rings. The van der Waals surface area contributed by atoms with Gasteiger partial charge in [0.15, 0.2) is 0 Å². The quantitative estimate of drug-likeness (QED) is 0.260. The zero-order valence-corrected chi connectivity index (χ0v) is 10.6. The Bertz CT molecular complexity index is 331. The molecule has 0 aliphatic rings. The number of nitrogens with zero attached hydrogens (tertiary/aromatic N) is 2. The molecule has 0 amide bonds. The number of carbonyl (C=O) groups is 4. The average molecular weight is 380 g/mol. The fourth-order valence-corrected chi connectivity index (χ4v) is 1.48. The van der Waals surface area contributed by atoms with Crippen molar-refractivity contribution in [1.29, 1.82) is 0 Å². The van der Waals surface area contributed by atoms with Gasteiger partial charge in [-0.25, -0.2) is 0 Å². The molecule has 0 heterocycles. The Labute approximate surface area is 219 Å². The molecule has 0 aromatic carbocycles. The van der Waals surface area contributed by atoms with Gasteiger partial charge in [-0.15, -0.1) is 0 Å². The SMILES string of the molecule is O=C(O)CN(CCN(CC(=O)O)CC(=O)O)CC(=O)O.[KH].[NaH].[NaH]. The standard InChI is InChI=1S/C10H16N2O8.K.2Na.3H/c13-7(14)3-11(4-8(15)16)1-2-12(5-9(17)18)6-10(19)20;;;;;;/h1-6H2,(H,13,14)(H,15,16)(H,17,18)(H,19,20);;;;;;. The van der Waals surface area contributed by atoms with Gasteiger partial charge < -0.3 is 20.4 Å². The molecule has 0 saturated heterocycles. The Kier molecular flexibility index (Phi) is 25.5. The number of hydrogen-bond donors (Lipinski definition) is 4. The van der Waals surface area contributed by atoms with E-state index in [1.807, 2.05) is 0 Å². The first kappa shape index (κ1) is 32.1. The molecule has 0 saturated carbocycles. The second kappa shape index (κ2) is 18.2.